The highest BCUT2D eigenvalue weighted by Crippen LogP contribution is 2.70. The molecule has 1 aromatic rings. The number of halogens is 1. The summed E-state index contributed by atoms with van der Waals surface area (Å²) in [6.45, 7) is 5.86. The first-order valence-electron chi connectivity index (χ1n) is 10.9. The summed E-state index contributed by atoms with van der Waals surface area (Å²) in [7, 11) is -3.79. The fraction of sp³-hybridized carbons (Fsp3) is 0.591. The molecule has 4 atom stereocenters. The third kappa shape index (κ3) is 2.73. The standard InChI is InChI=1S/C22H27ClN4O4S/c1-20(2)14-8-9-22(20)13-32(30,31)26(17(22)12-14)18(28)21(3)10-11-24-27(21)19(29)25-16-6-4-15(23)5-7-16/h4-7,11,14,17H,8-10,12-13H2,1-3H3,(H,25,29)/t14?,17-,21-,22-/m1/s1. The largest absolute Gasteiger partial charge is 0.343 e. The van der Waals surface area contributed by atoms with Crippen LogP contribution in [0.15, 0.2) is 29.4 Å². The van der Waals surface area contributed by atoms with Gasteiger partial charge in [-0.1, -0.05) is 25.4 Å². The van der Waals surface area contributed by atoms with Gasteiger partial charge in [0.2, 0.25) is 10.0 Å². The number of hydrogen-bond acceptors (Lipinski definition) is 5. The Kier molecular flexibility index (Phi) is 4.54. The van der Waals surface area contributed by atoms with E-state index in [1.165, 1.54) is 6.21 Å². The Morgan fingerprint density at radius 1 is 1.19 bits per heavy atom. The Hall–Kier alpha value is -2.13. The molecular formula is C22H27ClN4O4S. The van der Waals surface area contributed by atoms with Crippen molar-refractivity contribution < 1.29 is 18.0 Å². The van der Waals surface area contributed by atoms with Crippen LogP contribution >= 0.6 is 11.6 Å². The summed E-state index contributed by atoms with van der Waals surface area (Å²) in [5, 5.41) is 8.45. The number of nitrogens with one attached hydrogen (secondary N) is 1. The smallest absolute Gasteiger partial charge is 0.306 e. The van der Waals surface area contributed by atoms with Crippen LogP contribution in [-0.2, 0) is 14.8 Å². The van der Waals surface area contributed by atoms with Gasteiger partial charge in [0.05, 0.1) is 11.8 Å². The van der Waals surface area contributed by atoms with Gasteiger partial charge >= 0.3 is 6.03 Å². The molecule has 2 heterocycles. The van der Waals surface area contributed by atoms with Crippen LogP contribution in [0, 0.1) is 16.7 Å². The van der Waals surface area contributed by atoms with E-state index in [4.69, 9.17) is 11.6 Å². The van der Waals surface area contributed by atoms with Crippen LogP contribution < -0.4 is 5.32 Å². The van der Waals surface area contributed by atoms with Crippen LogP contribution in [0.4, 0.5) is 10.5 Å². The summed E-state index contributed by atoms with van der Waals surface area (Å²) in [5.74, 6) is -0.185. The second-order valence-corrected chi connectivity index (χ2v) is 12.5. The highest BCUT2D eigenvalue weighted by atomic mass is 35.5. The molecule has 32 heavy (non-hydrogen) atoms. The van der Waals surface area contributed by atoms with Gasteiger partial charge in [0.25, 0.3) is 5.91 Å². The van der Waals surface area contributed by atoms with Crippen molar-refractivity contribution in [2.45, 2.75) is 58.0 Å². The zero-order chi connectivity index (χ0) is 23.1. The minimum absolute atomic E-state index is 0.00614. The molecule has 8 nitrogen and oxygen atoms in total. The molecule has 2 bridgehead atoms. The maximum atomic E-state index is 13.9. The van der Waals surface area contributed by atoms with Crippen molar-refractivity contribution in [2.75, 3.05) is 11.1 Å². The lowest BCUT2D eigenvalue weighted by Crippen LogP contribution is -2.59. The van der Waals surface area contributed by atoms with Gasteiger partial charge in [0.15, 0.2) is 0 Å². The zero-order valence-electron chi connectivity index (χ0n) is 18.3. The number of anilines is 1. The average molecular weight is 479 g/mol. The molecule has 1 aromatic carbocycles. The molecule has 10 heteroatoms. The van der Waals surface area contributed by atoms with Crippen LogP contribution in [0.25, 0.3) is 0 Å². The molecule has 5 rings (SSSR count). The van der Waals surface area contributed by atoms with Crippen molar-refractivity contribution in [1.82, 2.24) is 9.31 Å². The lowest BCUT2D eigenvalue weighted by Gasteiger charge is -2.39. The molecule has 4 aliphatic rings. The van der Waals surface area contributed by atoms with Gasteiger partial charge in [-0.25, -0.2) is 17.5 Å². The fourth-order valence-electron chi connectivity index (χ4n) is 6.47. The van der Waals surface area contributed by atoms with E-state index in [-0.39, 0.29) is 23.6 Å². The van der Waals surface area contributed by atoms with Crippen LogP contribution in [0.3, 0.4) is 0 Å². The lowest BCUT2D eigenvalue weighted by molar-refractivity contribution is -0.138. The highest BCUT2D eigenvalue weighted by molar-refractivity contribution is 7.90. The van der Waals surface area contributed by atoms with Gasteiger partial charge in [-0.15, -0.1) is 0 Å². The average Bonchev–Trinajstić information content (AvgIpc) is 3.36. The highest BCUT2D eigenvalue weighted by Gasteiger charge is 2.73. The van der Waals surface area contributed by atoms with Crippen molar-refractivity contribution in [3.63, 3.8) is 0 Å². The van der Waals surface area contributed by atoms with Crippen LogP contribution in [-0.4, -0.2) is 53.2 Å². The van der Waals surface area contributed by atoms with Gasteiger partial charge in [-0.3, -0.25) is 4.79 Å². The Morgan fingerprint density at radius 2 is 1.88 bits per heavy atom. The van der Waals surface area contributed by atoms with Gasteiger partial charge in [-0.2, -0.15) is 10.1 Å². The summed E-state index contributed by atoms with van der Waals surface area (Å²) >= 11 is 5.90. The number of carbonyl (C=O) groups excluding carboxylic acids is 2. The van der Waals surface area contributed by atoms with E-state index < -0.39 is 32.9 Å². The molecule has 1 saturated heterocycles. The molecule has 2 aliphatic carbocycles. The third-order valence-electron chi connectivity index (χ3n) is 8.51. The molecule has 3 fully saturated rings. The van der Waals surface area contributed by atoms with Gasteiger partial charge in [0, 0.05) is 28.8 Å². The summed E-state index contributed by atoms with van der Waals surface area (Å²) < 4.78 is 27.8. The summed E-state index contributed by atoms with van der Waals surface area (Å²) in [4.78, 5) is 26.9. The predicted octanol–water partition coefficient (Wildman–Crippen LogP) is 3.69. The van der Waals surface area contributed by atoms with Crippen LogP contribution in [0.1, 0.15) is 46.5 Å². The number of benzene rings is 1. The van der Waals surface area contributed by atoms with Crippen molar-refractivity contribution in [2.24, 2.45) is 21.8 Å². The molecule has 3 amide bonds. The maximum Gasteiger partial charge on any atom is 0.343 e. The molecule has 0 aromatic heterocycles. The number of rotatable bonds is 2. The molecule has 1 spiro atoms. The fourth-order valence-corrected chi connectivity index (χ4v) is 9.22. The van der Waals surface area contributed by atoms with Crippen molar-refractivity contribution in [3.8, 4) is 0 Å². The normalized spacial score (nSPS) is 35.9. The number of carbonyl (C=O) groups is 2. The molecule has 2 aliphatic heterocycles. The summed E-state index contributed by atoms with van der Waals surface area (Å²) in [5.41, 5.74) is -1.48. The van der Waals surface area contributed by atoms with Gasteiger partial charge in [0.1, 0.15) is 5.54 Å². The monoisotopic (exact) mass is 478 g/mol. The lowest BCUT2D eigenvalue weighted by atomic mass is 9.69. The molecule has 1 N–H and O–H groups in total. The number of amides is 3. The van der Waals surface area contributed by atoms with Gasteiger partial charge in [-0.05, 0) is 61.8 Å². The zero-order valence-corrected chi connectivity index (χ0v) is 19.9. The first kappa shape index (κ1) is 21.7. The number of nitrogens with zero attached hydrogens (tertiary/aromatic N) is 3. The van der Waals surface area contributed by atoms with Crippen LogP contribution in [0.5, 0.6) is 0 Å². The van der Waals surface area contributed by atoms with E-state index in [1.54, 1.807) is 31.2 Å². The molecule has 0 radical (unpaired) electrons. The predicted molar refractivity (Wildman–Crippen MR) is 122 cm³/mol. The maximum absolute atomic E-state index is 13.9. The number of hydrazone groups is 1. The van der Waals surface area contributed by atoms with Crippen LogP contribution in [0.2, 0.25) is 5.02 Å². The number of sulfonamides is 1. The minimum atomic E-state index is -3.79. The Balaban J connectivity index is 1.44. The first-order chi connectivity index (χ1) is 14.9. The van der Waals surface area contributed by atoms with E-state index in [0.29, 0.717) is 23.0 Å². The van der Waals surface area contributed by atoms with E-state index in [1.807, 2.05) is 0 Å². The quantitative estimate of drug-likeness (QED) is 0.700. The first-order valence-corrected chi connectivity index (χ1v) is 12.9. The topological polar surface area (TPSA) is 99.2 Å². The second kappa shape index (κ2) is 6.70. The number of fused-ring (bicyclic) bond motifs is 1. The number of hydrogen-bond donors (Lipinski definition) is 1. The second-order valence-electron chi connectivity index (χ2n) is 10.2. The molecule has 1 unspecified atom stereocenters. The molecule has 2 saturated carbocycles. The number of urea groups is 1. The van der Waals surface area contributed by atoms with Gasteiger partial charge < -0.3 is 5.32 Å². The van der Waals surface area contributed by atoms with E-state index in [2.05, 4.69) is 24.3 Å². The SMILES string of the molecule is CC1(C)C2CC[C@]13CS(=O)(=O)N(C(=O)[C@@]1(C)CC=NN1C(=O)Nc1ccc(Cl)cc1)[C@@H]3C2. The summed E-state index contributed by atoms with van der Waals surface area (Å²) in [6, 6.07) is 5.61. The summed E-state index contributed by atoms with van der Waals surface area (Å²) in [6.07, 6.45) is 4.14. The minimum Gasteiger partial charge on any atom is -0.306 e. The Labute approximate surface area is 193 Å². The van der Waals surface area contributed by atoms with Crippen molar-refractivity contribution in [3.05, 3.63) is 29.3 Å². The van der Waals surface area contributed by atoms with Crippen molar-refractivity contribution >= 4 is 45.5 Å². The molecular weight excluding hydrogens is 452 g/mol. The Bertz CT molecular complexity index is 1140. The Morgan fingerprint density at radius 3 is 2.53 bits per heavy atom. The van der Waals surface area contributed by atoms with E-state index in [0.717, 1.165) is 22.2 Å². The van der Waals surface area contributed by atoms with E-state index in [9.17, 15) is 18.0 Å². The molecule has 172 valence electrons. The van der Waals surface area contributed by atoms with Crippen molar-refractivity contribution in [1.29, 1.82) is 0 Å². The van der Waals surface area contributed by atoms with E-state index >= 15 is 0 Å². The third-order valence-corrected chi connectivity index (χ3v) is 10.7.